The van der Waals surface area contributed by atoms with Crippen LogP contribution >= 0.6 is 11.8 Å². The lowest BCUT2D eigenvalue weighted by Gasteiger charge is -2.36. The summed E-state index contributed by atoms with van der Waals surface area (Å²) in [6, 6.07) is 7.18. The molecule has 0 saturated carbocycles. The molecule has 3 atom stereocenters. The van der Waals surface area contributed by atoms with E-state index >= 15 is 0 Å². The molecule has 0 aromatic heterocycles. The van der Waals surface area contributed by atoms with Crippen LogP contribution in [0, 0.1) is 6.92 Å². The zero-order valence-corrected chi connectivity index (χ0v) is 14.0. The summed E-state index contributed by atoms with van der Waals surface area (Å²) in [4.78, 5) is 2.53. The Kier molecular flexibility index (Phi) is 5.39. The normalized spacial score (nSPS) is 24.8. The van der Waals surface area contributed by atoms with Gasteiger partial charge in [-0.1, -0.05) is 26.8 Å². The van der Waals surface area contributed by atoms with Crippen molar-refractivity contribution >= 4 is 17.4 Å². The van der Waals surface area contributed by atoms with Crippen LogP contribution in [0.25, 0.3) is 0 Å². The Bertz CT molecular complexity index is 437. The molecule has 1 aliphatic rings. The van der Waals surface area contributed by atoms with Crippen LogP contribution in [0.5, 0.6) is 0 Å². The van der Waals surface area contributed by atoms with Gasteiger partial charge in [0.25, 0.3) is 0 Å². The quantitative estimate of drug-likeness (QED) is 0.919. The molecule has 2 rings (SSSR count). The van der Waals surface area contributed by atoms with Crippen molar-refractivity contribution in [2.75, 3.05) is 18.0 Å². The van der Waals surface area contributed by atoms with Crippen molar-refractivity contribution in [2.45, 2.75) is 57.1 Å². The molecule has 2 N–H and O–H groups in total. The largest absolute Gasteiger partial charge is 0.369 e. The molecule has 1 aliphatic heterocycles. The lowest BCUT2D eigenvalue weighted by Crippen LogP contribution is -2.40. The first-order valence-electron chi connectivity index (χ1n) is 7.75. The number of aryl methyl sites for hydroxylation is 1. The van der Waals surface area contributed by atoms with Gasteiger partial charge in [-0.05, 0) is 43.0 Å². The average Bonchev–Trinajstić information content (AvgIpc) is 2.39. The molecule has 1 aromatic rings. The standard InChI is InChI=1S/C17H28N2S/c1-5-16(18)9-15-6-7-17(8-12(15)2)19-10-13(3)20-14(4)11-19/h6-8,13-14,16H,5,9-11,18H2,1-4H3. The number of rotatable bonds is 4. The van der Waals surface area contributed by atoms with E-state index in [0.29, 0.717) is 10.5 Å². The van der Waals surface area contributed by atoms with Crippen molar-refractivity contribution < 1.29 is 0 Å². The highest BCUT2D eigenvalue weighted by molar-refractivity contribution is 8.00. The summed E-state index contributed by atoms with van der Waals surface area (Å²) in [5.41, 5.74) is 10.2. The minimum atomic E-state index is 0.283. The van der Waals surface area contributed by atoms with Gasteiger partial charge in [0.2, 0.25) is 0 Å². The fourth-order valence-corrected chi connectivity index (χ4v) is 4.25. The molecule has 1 aromatic carbocycles. The molecule has 0 radical (unpaired) electrons. The molecule has 3 heteroatoms. The predicted molar refractivity (Wildman–Crippen MR) is 91.9 cm³/mol. The third-order valence-corrected chi connectivity index (χ3v) is 5.34. The number of benzene rings is 1. The third-order valence-electron chi connectivity index (χ3n) is 4.12. The smallest absolute Gasteiger partial charge is 0.0369 e. The molecular formula is C17H28N2S. The zero-order chi connectivity index (χ0) is 14.7. The fourth-order valence-electron chi connectivity index (χ4n) is 2.92. The molecule has 1 saturated heterocycles. The topological polar surface area (TPSA) is 29.3 Å². The van der Waals surface area contributed by atoms with Crippen molar-refractivity contribution in [3.05, 3.63) is 29.3 Å². The number of nitrogens with zero attached hydrogens (tertiary/aromatic N) is 1. The molecule has 20 heavy (non-hydrogen) atoms. The van der Waals surface area contributed by atoms with Gasteiger partial charge < -0.3 is 10.6 Å². The summed E-state index contributed by atoms with van der Waals surface area (Å²) in [6.45, 7) is 11.3. The van der Waals surface area contributed by atoms with Gasteiger partial charge in [0.1, 0.15) is 0 Å². The van der Waals surface area contributed by atoms with E-state index in [1.54, 1.807) is 0 Å². The molecule has 0 spiro atoms. The SMILES string of the molecule is CCC(N)Cc1ccc(N2CC(C)SC(C)C2)cc1C. The number of hydrogen-bond acceptors (Lipinski definition) is 3. The number of anilines is 1. The van der Waals surface area contributed by atoms with E-state index in [1.165, 1.54) is 16.8 Å². The Labute approximate surface area is 128 Å². The lowest BCUT2D eigenvalue weighted by atomic mass is 9.99. The van der Waals surface area contributed by atoms with Gasteiger partial charge in [-0.2, -0.15) is 11.8 Å². The Balaban J connectivity index is 2.12. The molecule has 3 unspecified atom stereocenters. The van der Waals surface area contributed by atoms with Crippen molar-refractivity contribution in [3.63, 3.8) is 0 Å². The van der Waals surface area contributed by atoms with Gasteiger partial charge in [-0.25, -0.2) is 0 Å². The van der Waals surface area contributed by atoms with E-state index in [9.17, 15) is 0 Å². The van der Waals surface area contributed by atoms with Gasteiger partial charge in [0.05, 0.1) is 0 Å². The highest BCUT2D eigenvalue weighted by Gasteiger charge is 2.22. The van der Waals surface area contributed by atoms with Crippen molar-refractivity contribution in [3.8, 4) is 0 Å². The molecule has 0 bridgehead atoms. The minimum absolute atomic E-state index is 0.283. The average molecular weight is 292 g/mol. The summed E-state index contributed by atoms with van der Waals surface area (Å²) in [7, 11) is 0. The second kappa shape index (κ2) is 6.86. The van der Waals surface area contributed by atoms with Crippen LogP contribution in [-0.4, -0.2) is 29.6 Å². The minimum Gasteiger partial charge on any atom is -0.369 e. The Morgan fingerprint density at radius 3 is 2.50 bits per heavy atom. The number of nitrogens with two attached hydrogens (primary N) is 1. The summed E-state index contributed by atoms with van der Waals surface area (Å²) in [5, 5.41) is 1.43. The first-order chi connectivity index (χ1) is 9.49. The highest BCUT2D eigenvalue weighted by Crippen LogP contribution is 2.29. The molecule has 0 aliphatic carbocycles. The summed E-state index contributed by atoms with van der Waals surface area (Å²) in [5.74, 6) is 0. The van der Waals surface area contributed by atoms with Gasteiger partial charge >= 0.3 is 0 Å². The maximum absolute atomic E-state index is 6.08. The van der Waals surface area contributed by atoms with E-state index < -0.39 is 0 Å². The van der Waals surface area contributed by atoms with Gasteiger partial charge in [0.15, 0.2) is 0 Å². The number of hydrogen-bond donors (Lipinski definition) is 1. The van der Waals surface area contributed by atoms with Crippen LogP contribution in [-0.2, 0) is 6.42 Å². The predicted octanol–water partition coefficient (Wildman–Crippen LogP) is 3.61. The zero-order valence-electron chi connectivity index (χ0n) is 13.2. The van der Waals surface area contributed by atoms with E-state index in [1.807, 2.05) is 0 Å². The Morgan fingerprint density at radius 2 is 1.95 bits per heavy atom. The van der Waals surface area contributed by atoms with E-state index in [-0.39, 0.29) is 6.04 Å². The maximum atomic E-state index is 6.08. The second-order valence-corrected chi connectivity index (χ2v) is 8.03. The van der Waals surface area contributed by atoms with Crippen LogP contribution in [0.1, 0.15) is 38.3 Å². The first kappa shape index (κ1) is 15.7. The van der Waals surface area contributed by atoms with Crippen molar-refractivity contribution in [1.82, 2.24) is 0 Å². The van der Waals surface area contributed by atoms with Crippen LogP contribution in [0.4, 0.5) is 5.69 Å². The van der Waals surface area contributed by atoms with E-state index in [2.05, 4.69) is 62.6 Å². The lowest BCUT2D eigenvalue weighted by molar-refractivity contribution is 0.644. The van der Waals surface area contributed by atoms with Crippen molar-refractivity contribution in [2.24, 2.45) is 5.73 Å². The van der Waals surface area contributed by atoms with Gasteiger partial charge in [0, 0.05) is 35.3 Å². The third kappa shape index (κ3) is 3.92. The van der Waals surface area contributed by atoms with Gasteiger partial charge in [-0.3, -0.25) is 0 Å². The molecule has 112 valence electrons. The van der Waals surface area contributed by atoms with Crippen LogP contribution < -0.4 is 10.6 Å². The van der Waals surface area contributed by atoms with Gasteiger partial charge in [-0.15, -0.1) is 0 Å². The first-order valence-corrected chi connectivity index (χ1v) is 8.69. The van der Waals surface area contributed by atoms with Crippen LogP contribution in [0.3, 0.4) is 0 Å². The molecule has 0 amide bonds. The molecule has 1 fully saturated rings. The highest BCUT2D eigenvalue weighted by atomic mass is 32.2. The van der Waals surface area contributed by atoms with E-state index in [0.717, 1.165) is 25.9 Å². The molecule has 2 nitrogen and oxygen atoms in total. The molecular weight excluding hydrogens is 264 g/mol. The Hall–Kier alpha value is -0.670. The summed E-state index contributed by atoms with van der Waals surface area (Å²) in [6.07, 6.45) is 2.03. The van der Waals surface area contributed by atoms with Crippen LogP contribution in [0.15, 0.2) is 18.2 Å². The van der Waals surface area contributed by atoms with Crippen molar-refractivity contribution in [1.29, 1.82) is 0 Å². The maximum Gasteiger partial charge on any atom is 0.0369 e. The molecule has 1 heterocycles. The van der Waals surface area contributed by atoms with Crippen LogP contribution in [0.2, 0.25) is 0 Å². The van der Waals surface area contributed by atoms with E-state index in [4.69, 9.17) is 5.73 Å². The summed E-state index contributed by atoms with van der Waals surface area (Å²) >= 11 is 2.10. The fraction of sp³-hybridized carbons (Fsp3) is 0.647. The Morgan fingerprint density at radius 1 is 1.30 bits per heavy atom. The monoisotopic (exact) mass is 292 g/mol. The second-order valence-electron chi connectivity index (χ2n) is 6.15. The number of thioether (sulfide) groups is 1. The summed E-state index contributed by atoms with van der Waals surface area (Å²) < 4.78 is 0.